The number of nitrogens with zero attached hydrogens (tertiary/aromatic N) is 4. The fourth-order valence-corrected chi connectivity index (χ4v) is 6.16. The third kappa shape index (κ3) is 4.98. The Morgan fingerprint density at radius 1 is 0.974 bits per heavy atom. The van der Waals surface area contributed by atoms with Gasteiger partial charge in [0.2, 0.25) is 0 Å². The molecule has 2 aromatic heterocycles. The second-order valence-corrected chi connectivity index (χ2v) is 11.7. The lowest BCUT2D eigenvalue weighted by Gasteiger charge is -2.32. The summed E-state index contributed by atoms with van der Waals surface area (Å²) in [7, 11) is -1.66. The first-order valence-corrected chi connectivity index (χ1v) is 14.1. The van der Waals surface area contributed by atoms with Gasteiger partial charge in [-0.1, -0.05) is 30.0 Å². The minimum absolute atomic E-state index is 0.235. The molecule has 39 heavy (non-hydrogen) atoms. The summed E-state index contributed by atoms with van der Waals surface area (Å²) in [6, 6.07) is 21.4. The van der Waals surface area contributed by atoms with Crippen molar-refractivity contribution in [1.82, 2.24) is 18.8 Å². The molecular formula is C30H27N5O3S. The predicted molar refractivity (Wildman–Crippen MR) is 152 cm³/mol. The standard InChI is InChI=1S/C30H27N5O3S/c1-34-17-14-30(36,15-18-34)13-11-22-7-9-27-26(19-22)29(32-21-31-27)33-24-8-10-28-23(20-24)12-16-35(28)39(37,38)25-5-3-2-4-6-25/h2-10,12,16,19-21,36H,14-15,17-18H2,1H3,(H,31,32,33). The Labute approximate surface area is 227 Å². The first kappa shape index (κ1) is 25.1. The van der Waals surface area contributed by atoms with E-state index in [0.29, 0.717) is 24.2 Å². The average Bonchev–Trinajstić information content (AvgIpc) is 3.39. The molecule has 9 heteroatoms. The molecule has 0 radical (unpaired) electrons. The molecule has 1 aliphatic rings. The Kier molecular flexibility index (Phi) is 6.31. The molecule has 0 bridgehead atoms. The second-order valence-electron chi connectivity index (χ2n) is 9.87. The van der Waals surface area contributed by atoms with Crippen LogP contribution >= 0.6 is 0 Å². The highest BCUT2D eigenvalue weighted by atomic mass is 32.2. The Morgan fingerprint density at radius 2 is 1.77 bits per heavy atom. The van der Waals surface area contributed by atoms with Crippen molar-refractivity contribution in [3.63, 3.8) is 0 Å². The van der Waals surface area contributed by atoms with Gasteiger partial charge in [-0.05, 0) is 61.6 Å². The number of aromatic nitrogens is 3. The van der Waals surface area contributed by atoms with Gasteiger partial charge in [-0.25, -0.2) is 22.4 Å². The minimum Gasteiger partial charge on any atom is -0.377 e. The van der Waals surface area contributed by atoms with E-state index < -0.39 is 15.6 Å². The molecule has 2 N–H and O–H groups in total. The van der Waals surface area contributed by atoms with E-state index in [9.17, 15) is 13.5 Å². The van der Waals surface area contributed by atoms with Crippen LogP contribution in [0, 0.1) is 11.8 Å². The Bertz CT molecular complexity index is 1850. The van der Waals surface area contributed by atoms with E-state index in [1.807, 2.05) is 37.4 Å². The third-order valence-electron chi connectivity index (χ3n) is 7.11. The van der Waals surface area contributed by atoms with Crippen LogP contribution in [0.1, 0.15) is 18.4 Å². The molecule has 0 aliphatic carbocycles. The van der Waals surface area contributed by atoms with Crippen molar-refractivity contribution in [1.29, 1.82) is 0 Å². The van der Waals surface area contributed by atoms with Crippen molar-refractivity contribution >= 4 is 43.3 Å². The summed E-state index contributed by atoms with van der Waals surface area (Å²) in [6.07, 6.45) is 4.31. The van der Waals surface area contributed by atoms with Gasteiger partial charge in [-0.2, -0.15) is 0 Å². The van der Waals surface area contributed by atoms with Crippen LogP contribution in [-0.4, -0.2) is 58.1 Å². The maximum Gasteiger partial charge on any atom is 0.268 e. The largest absolute Gasteiger partial charge is 0.377 e. The van der Waals surface area contributed by atoms with E-state index in [1.165, 1.54) is 10.3 Å². The number of nitrogens with one attached hydrogen (secondary N) is 1. The maximum absolute atomic E-state index is 13.2. The van der Waals surface area contributed by atoms with E-state index >= 15 is 0 Å². The number of hydrogen-bond donors (Lipinski definition) is 2. The highest BCUT2D eigenvalue weighted by Crippen LogP contribution is 2.29. The van der Waals surface area contributed by atoms with Gasteiger partial charge in [-0.15, -0.1) is 0 Å². The van der Waals surface area contributed by atoms with Crippen molar-refractivity contribution in [3.8, 4) is 11.8 Å². The quantitative estimate of drug-likeness (QED) is 0.328. The molecule has 6 rings (SSSR count). The van der Waals surface area contributed by atoms with Gasteiger partial charge in [-0.3, -0.25) is 0 Å². The molecule has 1 fully saturated rings. The number of piperidine rings is 1. The number of hydrogen-bond acceptors (Lipinski definition) is 7. The van der Waals surface area contributed by atoms with Gasteiger partial charge in [0, 0.05) is 54.2 Å². The summed E-state index contributed by atoms with van der Waals surface area (Å²) in [5.74, 6) is 6.84. The third-order valence-corrected chi connectivity index (χ3v) is 8.81. The van der Waals surface area contributed by atoms with Crippen LogP contribution in [0.5, 0.6) is 0 Å². The van der Waals surface area contributed by atoms with Gasteiger partial charge in [0.1, 0.15) is 17.7 Å². The van der Waals surface area contributed by atoms with Gasteiger partial charge in [0.05, 0.1) is 15.9 Å². The van der Waals surface area contributed by atoms with Crippen molar-refractivity contribution in [2.45, 2.75) is 23.3 Å². The first-order chi connectivity index (χ1) is 18.8. The van der Waals surface area contributed by atoms with E-state index in [2.05, 4.69) is 32.0 Å². The maximum atomic E-state index is 13.2. The van der Waals surface area contributed by atoms with Crippen molar-refractivity contribution in [3.05, 3.63) is 90.9 Å². The van der Waals surface area contributed by atoms with Gasteiger partial charge >= 0.3 is 0 Å². The zero-order valence-corrected chi connectivity index (χ0v) is 22.2. The molecule has 3 aromatic carbocycles. The molecule has 1 aliphatic heterocycles. The number of likely N-dealkylation sites (tertiary alicyclic amines) is 1. The number of benzene rings is 3. The fraction of sp³-hybridized carbons (Fsp3) is 0.200. The average molecular weight is 538 g/mol. The van der Waals surface area contributed by atoms with Crippen molar-refractivity contribution in [2.75, 3.05) is 25.5 Å². The Morgan fingerprint density at radius 3 is 2.56 bits per heavy atom. The van der Waals surface area contributed by atoms with Crippen LogP contribution < -0.4 is 5.32 Å². The lowest BCUT2D eigenvalue weighted by molar-refractivity contribution is 0.0350. The number of aliphatic hydroxyl groups is 1. The minimum atomic E-state index is -3.71. The van der Waals surface area contributed by atoms with Crippen LogP contribution in [0.25, 0.3) is 21.8 Å². The predicted octanol–water partition coefficient (Wildman–Crippen LogP) is 4.37. The summed E-state index contributed by atoms with van der Waals surface area (Å²) in [4.78, 5) is 11.3. The molecule has 0 unspecified atom stereocenters. The highest BCUT2D eigenvalue weighted by molar-refractivity contribution is 7.90. The van der Waals surface area contributed by atoms with Crippen LogP contribution in [0.4, 0.5) is 11.5 Å². The number of fused-ring (bicyclic) bond motifs is 2. The van der Waals surface area contributed by atoms with Gasteiger partial charge < -0.3 is 15.3 Å². The normalized spacial score (nSPS) is 15.6. The lowest BCUT2D eigenvalue weighted by Crippen LogP contribution is -2.41. The molecule has 0 spiro atoms. The molecule has 0 saturated carbocycles. The molecule has 5 aromatic rings. The molecule has 0 atom stereocenters. The van der Waals surface area contributed by atoms with E-state index in [1.54, 1.807) is 48.7 Å². The Balaban J connectivity index is 1.30. The molecule has 3 heterocycles. The topological polar surface area (TPSA) is 100 Å². The number of anilines is 2. The highest BCUT2D eigenvalue weighted by Gasteiger charge is 2.29. The summed E-state index contributed by atoms with van der Waals surface area (Å²) >= 11 is 0. The SMILES string of the molecule is CN1CCC(O)(C#Cc2ccc3ncnc(Nc4ccc5c(ccn5S(=O)(=O)c5ccccc5)c4)c3c2)CC1. The zero-order chi connectivity index (χ0) is 27.0. The monoisotopic (exact) mass is 537 g/mol. The van der Waals surface area contributed by atoms with Crippen LogP contribution in [0.3, 0.4) is 0 Å². The van der Waals surface area contributed by atoms with E-state index in [-0.39, 0.29) is 4.90 Å². The zero-order valence-electron chi connectivity index (χ0n) is 21.4. The molecule has 0 amide bonds. The van der Waals surface area contributed by atoms with Gasteiger partial charge in [0.15, 0.2) is 0 Å². The van der Waals surface area contributed by atoms with E-state index in [0.717, 1.165) is 40.6 Å². The molecule has 8 nitrogen and oxygen atoms in total. The van der Waals surface area contributed by atoms with Crippen LogP contribution in [0.15, 0.2) is 90.2 Å². The Hall–Kier alpha value is -4.23. The number of rotatable bonds is 4. The summed E-state index contributed by atoms with van der Waals surface area (Å²) in [6.45, 7) is 1.63. The lowest BCUT2D eigenvalue weighted by atomic mass is 9.92. The summed E-state index contributed by atoms with van der Waals surface area (Å²) < 4.78 is 27.6. The summed E-state index contributed by atoms with van der Waals surface area (Å²) in [5.41, 5.74) is 1.90. The van der Waals surface area contributed by atoms with Crippen LogP contribution in [0.2, 0.25) is 0 Å². The fourth-order valence-electron chi connectivity index (χ4n) is 4.78. The van der Waals surface area contributed by atoms with Crippen molar-refractivity contribution in [2.24, 2.45) is 0 Å². The second kappa shape index (κ2) is 9.82. The molecular weight excluding hydrogens is 510 g/mol. The van der Waals surface area contributed by atoms with Crippen molar-refractivity contribution < 1.29 is 13.5 Å². The molecule has 1 saturated heterocycles. The smallest absolute Gasteiger partial charge is 0.268 e. The van der Waals surface area contributed by atoms with Gasteiger partial charge in [0.25, 0.3) is 10.0 Å². The summed E-state index contributed by atoms with van der Waals surface area (Å²) in [5, 5.41) is 15.8. The van der Waals surface area contributed by atoms with Crippen LogP contribution in [-0.2, 0) is 10.0 Å². The van der Waals surface area contributed by atoms with E-state index in [4.69, 9.17) is 0 Å². The molecule has 196 valence electrons. The first-order valence-electron chi connectivity index (χ1n) is 12.7.